The van der Waals surface area contributed by atoms with Crippen molar-refractivity contribution >= 4 is 51.7 Å². The molecule has 0 fully saturated rings. The van der Waals surface area contributed by atoms with E-state index in [1.807, 2.05) is 0 Å². The highest BCUT2D eigenvalue weighted by Crippen LogP contribution is 2.24. The Bertz CT molecular complexity index is 973. The van der Waals surface area contributed by atoms with E-state index in [4.69, 9.17) is 11.6 Å². The summed E-state index contributed by atoms with van der Waals surface area (Å²) >= 11 is 7.16. The SMILES string of the molecule is Cc1ccc(NC(=O)CSc2nc3ccc(Cl)cc3[nH]2)cc1[N+](=O)[O-]. The van der Waals surface area contributed by atoms with Gasteiger partial charge < -0.3 is 10.3 Å². The van der Waals surface area contributed by atoms with Crippen molar-refractivity contribution in [3.8, 4) is 0 Å². The third-order valence-electron chi connectivity index (χ3n) is 3.45. The summed E-state index contributed by atoms with van der Waals surface area (Å²) in [7, 11) is 0. The molecule has 2 aromatic carbocycles. The molecule has 0 radical (unpaired) electrons. The van der Waals surface area contributed by atoms with Gasteiger partial charge in [0.25, 0.3) is 5.69 Å². The van der Waals surface area contributed by atoms with Crippen molar-refractivity contribution < 1.29 is 9.72 Å². The van der Waals surface area contributed by atoms with Gasteiger partial charge in [-0.25, -0.2) is 4.98 Å². The number of benzene rings is 2. The lowest BCUT2D eigenvalue weighted by Crippen LogP contribution is -2.14. The lowest BCUT2D eigenvalue weighted by atomic mass is 10.2. The number of thioether (sulfide) groups is 1. The van der Waals surface area contributed by atoms with Crippen LogP contribution in [0.5, 0.6) is 0 Å². The number of aromatic nitrogens is 2. The molecule has 0 aliphatic rings. The second kappa shape index (κ2) is 7.12. The van der Waals surface area contributed by atoms with E-state index in [-0.39, 0.29) is 17.3 Å². The van der Waals surface area contributed by atoms with Gasteiger partial charge >= 0.3 is 0 Å². The molecular formula is C16H13ClN4O3S. The van der Waals surface area contributed by atoms with E-state index in [1.165, 1.54) is 17.8 Å². The number of aromatic amines is 1. The number of nitro benzene ring substituents is 1. The van der Waals surface area contributed by atoms with E-state index in [0.29, 0.717) is 21.4 Å². The van der Waals surface area contributed by atoms with Crippen LogP contribution < -0.4 is 5.32 Å². The molecule has 3 aromatic rings. The van der Waals surface area contributed by atoms with Gasteiger partial charge in [-0.1, -0.05) is 29.4 Å². The maximum Gasteiger partial charge on any atom is 0.274 e. The summed E-state index contributed by atoms with van der Waals surface area (Å²) in [5, 5.41) is 14.8. The average Bonchev–Trinajstić information content (AvgIpc) is 2.96. The Morgan fingerprint density at radius 3 is 2.92 bits per heavy atom. The number of H-pyrrole nitrogens is 1. The second-order valence-corrected chi connectivity index (χ2v) is 6.70. The summed E-state index contributed by atoms with van der Waals surface area (Å²) in [6.07, 6.45) is 0. The number of nitrogens with zero attached hydrogens (tertiary/aromatic N) is 2. The van der Waals surface area contributed by atoms with Gasteiger partial charge in [0.2, 0.25) is 5.91 Å². The third-order valence-corrected chi connectivity index (χ3v) is 4.56. The topological polar surface area (TPSA) is 101 Å². The van der Waals surface area contributed by atoms with Gasteiger partial charge in [0.15, 0.2) is 5.16 Å². The van der Waals surface area contributed by atoms with E-state index in [0.717, 1.165) is 11.0 Å². The molecule has 0 atom stereocenters. The van der Waals surface area contributed by atoms with Crippen molar-refractivity contribution in [3.05, 3.63) is 57.1 Å². The quantitative estimate of drug-likeness (QED) is 0.395. The van der Waals surface area contributed by atoms with Gasteiger partial charge in [-0.2, -0.15) is 0 Å². The second-order valence-electron chi connectivity index (χ2n) is 5.30. The van der Waals surface area contributed by atoms with Crippen molar-refractivity contribution in [3.63, 3.8) is 0 Å². The summed E-state index contributed by atoms with van der Waals surface area (Å²) in [5.41, 5.74) is 2.46. The van der Waals surface area contributed by atoms with E-state index in [1.54, 1.807) is 37.3 Å². The number of hydrogen-bond donors (Lipinski definition) is 2. The van der Waals surface area contributed by atoms with Crippen molar-refractivity contribution in [2.45, 2.75) is 12.1 Å². The summed E-state index contributed by atoms with van der Waals surface area (Å²) in [5.74, 6) is -0.156. The summed E-state index contributed by atoms with van der Waals surface area (Å²) in [6, 6.07) is 9.89. The number of hydrogen-bond acceptors (Lipinski definition) is 5. The van der Waals surface area contributed by atoms with E-state index < -0.39 is 4.92 Å². The molecule has 0 aliphatic heterocycles. The molecule has 9 heteroatoms. The fourth-order valence-electron chi connectivity index (χ4n) is 2.24. The van der Waals surface area contributed by atoms with Crippen LogP contribution in [-0.4, -0.2) is 26.6 Å². The summed E-state index contributed by atoms with van der Waals surface area (Å²) in [6.45, 7) is 1.65. The Labute approximate surface area is 151 Å². The van der Waals surface area contributed by atoms with Crippen molar-refractivity contribution in [1.29, 1.82) is 0 Å². The molecule has 0 saturated heterocycles. The highest BCUT2D eigenvalue weighted by Gasteiger charge is 2.13. The smallest absolute Gasteiger partial charge is 0.274 e. The first-order chi connectivity index (χ1) is 11.9. The van der Waals surface area contributed by atoms with Crippen molar-refractivity contribution in [1.82, 2.24) is 9.97 Å². The number of anilines is 1. The first-order valence-corrected chi connectivity index (χ1v) is 8.62. The Balaban J connectivity index is 1.64. The van der Waals surface area contributed by atoms with Crippen molar-refractivity contribution in [2.75, 3.05) is 11.1 Å². The number of aryl methyl sites for hydroxylation is 1. The molecule has 1 aromatic heterocycles. The molecular weight excluding hydrogens is 364 g/mol. The van der Waals surface area contributed by atoms with Gasteiger partial charge in [0, 0.05) is 22.3 Å². The zero-order valence-electron chi connectivity index (χ0n) is 13.1. The van der Waals surface area contributed by atoms with Crippen LogP contribution in [0.15, 0.2) is 41.6 Å². The van der Waals surface area contributed by atoms with Gasteiger partial charge in [0.1, 0.15) is 0 Å². The molecule has 1 amide bonds. The predicted octanol–water partition coefficient (Wildman–Crippen LogP) is 4.16. The lowest BCUT2D eigenvalue weighted by Gasteiger charge is -2.05. The molecule has 7 nitrogen and oxygen atoms in total. The number of imidazole rings is 1. The number of carbonyl (C=O) groups excluding carboxylic acids is 1. The monoisotopic (exact) mass is 376 g/mol. The maximum absolute atomic E-state index is 12.1. The van der Waals surface area contributed by atoms with Crippen LogP contribution in [0.3, 0.4) is 0 Å². The largest absolute Gasteiger partial charge is 0.333 e. The van der Waals surface area contributed by atoms with Crippen LogP contribution in [0, 0.1) is 17.0 Å². The molecule has 3 rings (SSSR count). The predicted molar refractivity (Wildman–Crippen MR) is 98.3 cm³/mol. The van der Waals surface area contributed by atoms with Crippen LogP contribution in [0.4, 0.5) is 11.4 Å². The Hall–Kier alpha value is -2.58. The number of amides is 1. The maximum atomic E-state index is 12.1. The van der Waals surface area contributed by atoms with E-state index in [2.05, 4.69) is 15.3 Å². The van der Waals surface area contributed by atoms with Gasteiger partial charge in [-0.3, -0.25) is 14.9 Å². The van der Waals surface area contributed by atoms with E-state index >= 15 is 0 Å². The first-order valence-electron chi connectivity index (χ1n) is 7.25. The number of carbonyl (C=O) groups is 1. The normalized spacial score (nSPS) is 10.8. The number of rotatable bonds is 5. The minimum atomic E-state index is -0.473. The Morgan fingerprint density at radius 1 is 1.36 bits per heavy atom. The highest BCUT2D eigenvalue weighted by atomic mass is 35.5. The minimum Gasteiger partial charge on any atom is -0.333 e. The minimum absolute atomic E-state index is 0.0281. The zero-order valence-corrected chi connectivity index (χ0v) is 14.6. The van der Waals surface area contributed by atoms with E-state index in [9.17, 15) is 14.9 Å². The van der Waals surface area contributed by atoms with Crippen LogP contribution in [0.1, 0.15) is 5.56 Å². The number of nitrogens with one attached hydrogen (secondary N) is 2. The fourth-order valence-corrected chi connectivity index (χ4v) is 3.10. The molecule has 0 bridgehead atoms. The van der Waals surface area contributed by atoms with Crippen LogP contribution in [-0.2, 0) is 4.79 Å². The molecule has 0 saturated carbocycles. The third kappa shape index (κ3) is 4.09. The Kier molecular flexibility index (Phi) is 4.91. The number of halogens is 1. The fraction of sp³-hybridized carbons (Fsp3) is 0.125. The average molecular weight is 377 g/mol. The summed E-state index contributed by atoms with van der Waals surface area (Å²) in [4.78, 5) is 30.0. The zero-order chi connectivity index (χ0) is 18.0. The number of nitro groups is 1. The molecule has 2 N–H and O–H groups in total. The number of fused-ring (bicyclic) bond motifs is 1. The van der Waals surface area contributed by atoms with Gasteiger partial charge in [-0.05, 0) is 31.2 Å². The first kappa shape index (κ1) is 17.2. The highest BCUT2D eigenvalue weighted by molar-refractivity contribution is 7.99. The van der Waals surface area contributed by atoms with Gasteiger partial charge in [0.05, 0.1) is 21.7 Å². The molecule has 0 unspecified atom stereocenters. The van der Waals surface area contributed by atoms with Crippen LogP contribution in [0.25, 0.3) is 11.0 Å². The molecule has 128 valence electrons. The standard InChI is InChI=1S/C16H13ClN4O3S/c1-9-2-4-11(7-14(9)21(23)24)18-15(22)8-25-16-19-12-5-3-10(17)6-13(12)20-16/h2-7H,8H2,1H3,(H,18,22)(H,19,20). The summed E-state index contributed by atoms with van der Waals surface area (Å²) < 4.78 is 0. The van der Waals surface area contributed by atoms with Crippen molar-refractivity contribution in [2.24, 2.45) is 0 Å². The van der Waals surface area contributed by atoms with Gasteiger partial charge in [-0.15, -0.1) is 0 Å². The molecule has 25 heavy (non-hydrogen) atoms. The lowest BCUT2D eigenvalue weighted by molar-refractivity contribution is -0.385. The molecule has 0 spiro atoms. The Morgan fingerprint density at radius 2 is 2.16 bits per heavy atom. The molecule has 0 aliphatic carbocycles. The van der Waals surface area contributed by atoms with Crippen LogP contribution in [0.2, 0.25) is 5.02 Å². The van der Waals surface area contributed by atoms with Crippen LogP contribution >= 0.6 is 23.4 Å². The molecule has 1 heterocycles.